The van der Waals surface area contributed by atoms with Crippen LogP contribution in [0.2, 0.25) is 0 Å². The zero-order valence-electron chi connectivity index (χ0n) is 23.9. The third kappa shape index (κ3) is 7.25. The van der Waals surface area contributed by atoms with Crippen molar-refractivity contribution in [3.63, 3.8) is 0 Å². The average Bonchev–Trinajstić information content (AvgIpc) is 3.46. The van der Waals surface area contributed by atoms with E-state index in [1.807, 2.05) is 60.8 Å². The number of rotatable bonds is 13. The molecule has 0 aliphatic heterocycles. The lowest BCUT2D eigenvalue weighted by Gasteiger charge is -2.14. The van der Waals surface area contributed by atoms with Crippen LogP contribution in [0, 0.1) is 0 Å². The molecular weight excluding hydrogens is 538 g/mol. The first-order chi connectivity index (χ1) is 20.5. The summed E-state index contributed by atoms with van der Waals surface area (Å²) in [7, 11) is 4.38. The van der Waals surface area contributed by atoms with Gasteiger partial charge in [-0.25, -0.2) is 10.1 Å². The number of amides is 2. The number of methoxy groups -OCH3 is 3. The lowest BCUT2D eigenvalue weighted by molar-refractivity contribution is -0.120. The molecule has 0 fully saturated rings. The van der Waals surface area contributed by atoms with Gasteiger partial charge >= 0.3 is 0 Å². The van der Waals surface area contributed by atoms with Crippen LogP contribution in [0.1, 0.15) is 29.3 Å². The first-order valence-electron chi connectivity index (χ1n) is 13.3. The maximum atomic E-state index is 12.7. The molecule has 11 nitrogen and oxygen atoms in total. The topological polar surface area (TPSA) is 125 Å². The first kappa shape index (κ1) is 29.7. The monoisotopic (exact) mass is 571 g/mol. The second kappa shape index (κ2) is 14.4. The number of hydrazone groups is 1. The molecule has 4 aromatic rings. The van der Waals surface area contributed by atoms with Gasteiger partial charge in [0.15, 0.2) is 11.5 Å². The van der Waals surface area contributed by atoms with Gasteiger partial charge in [0.1, 0.15) is 11.4 Å². The van der Waals surface area contributed by atoms with Gasteiger partial charge in [-0.3, -0.25) is 9.59 Å². The number of nitrogens with zero attached hydrogens (tertiary/aromatic N) is 3. The van der Waals surface area contributed by atoms with Gasteiger partial charge in [0.25, 0.3) is 11.8 Å². The Hall–Kier alpha value is -5.32. The third-order valence-corrected chi connectivity index (χ3v) is 6.09. The second-order valence-corrected chi connectivity index (χ2v) is 8.98. The molecule has 0 aliphatic carbocycles. The molecular formula is C31H33N5O6. The number of aromatic nitrogens is 2. The normalized spacial score (nSPS) is 10.8. The molecule has 0 atom stereocenters. The Bertz CT molecular complexity index is 1510. The zero-order valence-corrected chi connectivity index (χ0v) is 23.9. The van der Waals surface area contributed by atoms with E-state index < -0.39 is 11.8 Å². The van der Waals surface area contributed by atoms with Crippen molar-refractivity contribution in [1.29, 1.82) is 0 Å². The van der Waals surface area contributed by atoms with E-state index in [4.69, 9.17) is 24.0 Å². The Balaban J connectivity index is 1.45. The fourth-order valence-electron chi connectivity index (χ4n) is 4.04. The first-order valence-corrected chi connectivity index (χ1v) is 13.3. The quantitative estimate of drug-likeness (QED) is 0.182. The minimum atomic E-state index is -0.513. The van der Waals surface area contributed by atoms with E-state index in [9.17, 15) is 9.59 Å². The molecule has 0 saturated carbocycles. The largest absolute Gasteiger partial charge is 0.494 e. The molecule has 218 valence electrons. The van der Waals surface area contributed by atoms with Crippen LogP contribution in [0.5, 0.6) is 23.0 Å². The fourth-order valence-corrected chi connectivity index (χ4v) is 4.04. The zero-order chi connectivity index (χ0) is 29.9. The molecule has 2 amide bonds. The van der Waals surface area contributed by atoms with Gasteiger partial charge in [-0.15, -0.1) is 0 Å². The van der Waals surface area contributed by atoms with Gasteiger partial charge < -0.3 is 24.3 Å². The Morgan fingerprint density at radius 3 is 2.26 bits per heavy atom. The molecule has 0 aliphatic rings. The summed E-state index contributed by atoms with van der Waals surface area (Å²) in [6, 6.07) is 20.3. The number of ether oxygens (including phenoxy) is 4. The molecule has 3 aromatic carbocycles. The van der Waals surface area contributed by atoms with Crippen LogP contribution >= 0.6 is 0 Å². The summed E-state index contributed by atoms with van der Waals surface area (Å²) in [5.41, 5.74) is 5.79. The molecule has 2 N–H and O–H groups in total. The highest BCUT2D eigenvalue weighted by atomic mass is 16.5. The number of carbonyl (C=O) groups is 2. The molecule has 4 rings (SSSR count). The number of carbonyl (C=O) groups excluding carboxylic acids is 2. The summed E-state index contributed by atoms with van der Waals surface area (Å²) in [4.78, 5) is 25.2. The van der Waals surface area contributed by atoms with Crippen LogP contribution in [-0.2, 0) is 4.79 Å². The van der Waals surface area contributed by atoms with Crippen LogP contribution in [0.4, 0.5) is 0 Å². The number of hydrogen-bond acceptors (Lipinski definition) is 8. The predicted molar refractivity (Wildman–Crippen MR) is 159 cm³/mol. The minimum Gasteiger partial charge on any atom is -0.494 e. The lowest BCUT2D eigenvalue weighted by atomic mass is 10.1. The van der Waals surface area contributed by atoms with E-state index in [-0.39, 0.29) is 12.1 Å². The molecule has 0 saturated heterocycles. The van der Waals surface area contributed by atoms with E-state index >= 15 is 0 Å². The highest BCUT2D eigenvalue weighted by Gasteiger charge is 2.17. The van der Waals surface area contributed by atoms with Crippen molar-refractivity contribution in [1.82, 2.24) is 20.5 Å². The van der Waals surface area contributed by atoms with E-state index in [1.165, 1.54) is 39.7 Å². The van der Waals surface area contributed by atoms with Crippen LogP contribution < -0.4 is 29.7 Å². The summed E-state index contributed by atoms with van der Waals surface area (Å²) in [5, 5.41) is 11.4. The molecule has 0 radical (unpaired) electrons. The lowest BCUT2D eigenvalue weighted by Crippen LogP contribution is -2.35. The molecule has 0 unspecified atom stereocenters. The Kier molecular flexibility index (Phi) is 10.1. The van der Waals surface area contributed by atoms with E-state index in [0.29, 0.717) is 35.1 Å². The minimum absolute atomic E-state index is 0.241. The molecule has 1 heterocycles. The van der Waals surface area contributed by atoms with Gasteiger partial charge in [-0.2, -0.15) is 10.2 Å². The van der Waals surface area contributed by atoms with Crippen LogP contribution in [0.15, 0.2) is 78.0 Å². The maximum absolute atomic E-state index is 12.7. The number of hydrogen-bond donors (Lipinski definition) is 2. The van der Waals surface area contributed by atoms with E-state index in [0.717, 1.165) is 23.4 Å². The van der Waals surface area contributed by atoms with E-state index in [1.54, 1.807) is 4.68 Å². The second-order valence-electron chi connectivity index (χ2n) is 8.98. The van der Waals surface area contributed by atoms with Crippen molar-refractivity contribution in [2.75, 3.05) is 34.5 Å². The van der Waals surface area contributed by atoms with Crippen LogP contribution in [0.25, 0.3) is 16.9 Å². The van der Waals surface area contributed by atoms with Crippen LogP contribution in [-0.4, -0.2) is 62.3 Å². The van der Waals surface area contributed by atoms with Gasteiger partial charge in [0.2, 0.25) is 5.75 Å². The summed E-state index contributed by atoms with van der Waals surface area (Å²) >= 11 is 0. The smallest absolute Gasteiger partial charge is 0.259 e. The molecule has 11 heteroatoms. The van der Waals surface area contributed by atoms with Gasteiger partial charge in [0.05, 0.1) is 46.4 Å². The number of benzene rings is 3. The third-order valence-electron chi connectivity index (χ3n) is 6.09. The standard InChI is InChI=1S/C31H33N5O6/c1-5-15-42-25-13-11-21(12-14-25)29-23(20-36(35-29)24-9-7-6-8-10-24)18-33-34-28(37)19-32-31(38)22-16-26(39-2)30(41-4)27(17-22)40-3/h6-14,16-18,20H,5,15,19H2,1-4H3,(H,32,38)(H,34,37). The Labute approximate surface area is 244 Å². The molecule has 42 heavy (non-hydrogen) atoms. The van der Waals surface area contributed by atoms with Crippen molar-refractivity contribution >= 4 is 18.0 Å². The summed E-state index contributed by atoms with van der Waals surface area (Å²) in [5.74, 6) is 0.781. The van der Waals surface area contributed by atoms with Gasteiger partial charge in [0, 0.05) is 22.9 Å². The SMILES string of the molecule is CCCOc1ccc(-c2nn(-c3ccccc3)cc2C=NNC(=O)CNC(=O)c2cc(OC)c(OC)c(OC)c2)cc1. The number of para-hydroxylation sites is 1. The predicted octanol–water partition coefficient (Wildman–Crippen LogP) is 4.23. The highest BCUT2D eigenvalue weighted by molar-refractivity contribution is 5.98. The summed E-state index contributed by atoms with van der Waals surface area (Å²) < 4.78 is 23.3. The molecule has 1 aromatic heterocycles. The fraction of sp³-hybridized carbons (Fsp3) is 0.226. The van der Waals surface area contributed by atoms with Crippen molar-refractivity contribution in [2.24, 2.45) is 5.10 Å². The van der Waals surface area contributed by atoms with Crippen LogP contribution in [0.3, 0.4) is 0 Å². The van der Waals surface area contributed by atoms with Crippen molar-refractivity contribution in [2.45, 2.75) is 13.3 Å². The highest BCUT2D eigenvalue weighted by Crippen LogP contribution is 2.38. The Morgan fingerprint density at radius 2 is 1.64 bits per heavy atom. The van der Waals surface area contributed by atoms with Crippen molar-refractivity contribution in [3.8, 4) is 39.9 Å². The average molecular weight is 572 g/mol. The molecule has 0 spiro atoms. The summed E-state index contributed by atoms with van der Waals surface area (Å²) in [6.45, 7) is 2.39. The van der Waals surface area contributed by atoms with Crippen molar-refractivity contribution in [3.05, 3.63) is 84.1 Å². The van der Waals surface area contributed by atoms with E-state index in [2.05, 4.69) is 22.8 Å². The van der Waals surface area contributed by atoms with Crippen molar-refractivity contribution < 1.29 is 28.5 Å². The summed E-state index contributed by atoms with van der Waals surface area (Å²) in [6.07, 6.45) is 4.26. The number of nitrogens with one attached hydrogen (secondary N) is 2. The van der Waals surface area contributed by atoms with Gasteiger partial charge in [-0.1, -0.05) is 25.1 Å². The molecule has 0 bridgehead atoms. The van der Waals surface area contributed by atoms with Gasteiger partial charge in [-0.05, 0) is 55.0 Å². The Morgan fingerprint density at radius 1 is 0.952 bits per heavy atom. The maximum Gasteiger partial charge on any atom is 0.259 e.